The molecule has 6 aromatic rings. The van der Waals surface area contributed by atoms with Crippen molar-refractivity contribution in [1.29, 1.82) is 0 Å². The number of nitrogens with two attached hydrogens (primary N) is 1. The highest BCUT2D eigenvalue weighted by Crippen LogP contribution is 2.46. The molecule has 0 radical (unpaired) electrons. The number of urea groups is 2. The average Bonchev–Trinajstić information content (AvgIpc) is 3.12. The third kappa shape index (κ3) is 9.95. The van der Waals surface area contributed by atoms with Crippen molar-refractivity contribution in [2.45, 2.75) is 23.6 Å². The van der Waals surface area contributed by atoms with Gasteiger partial charge >= 0.3 is 12.1 Å². The summed E-state index contributed by atoms with van der Waals surface area (Å²) < 4.78 is 69.2. The van der Waals surface area contributed by atoms with E-state index in [-0.39, 0.29) is 45.4 Å². The van der Waals surface area contributed by atoms with Crippen molar-refractivity contribution in [3.63, 3.8) is 0 Å². The molecule has 0 atom stereocenters. The minimum absolute atomic E-state index is 0.0301. The van der Waals surface area contributed by atoms with Crippen molar-refractivity contribution in [1.82, 2.24) is 19.9 Å². The Labute approximate surface area is 336 Å². The molecule has 24 nitrogen and oxygen atoms in total. The zero-order valence-electron chi connectivity index (χ0n) is 30.6. The van der Waals surface area contributed by atoms with E-state index >= 15 is 0 Å². The highest BCUT2D eigenvalue weighted by Gasteiger charge is 2.24. The molecule has 0 spiro atoms. The molecule has 0 aliphatic carbocycles. The van der Waals surface area contributed by atoms with E-state index < -0.39 is 76.0 Å². The van der Waals surface area contributed by atoms with Gasteiger partial charge in [-0.25, -0.2) is 9.59 Å². The fourth-order valence-electron chi connectivity index (χ4n) is 5.41. The number of hydrogen-bond acceptors (Lipinski definition) is 16. The third-order valence-corrected chi connectivity index (χ3v) is 9.63. The Kier molecular flexibility index (Phi) is 11.5. The number of nitrogens with one attached hydrogen (secondary N) is 6. The Balaban J connectivity index is 1.31. The van der Waals surface area contributed by atoms with E-state index in [4.69, 9.17) is 5.73 Å². The SMILES string of the molecule is Cc1cc(=O)nc(NC(=O)Nc2cccc(N=Nc3c(S(=O)(=O)O)cc4ccc(N=Nc5cc(NC(=O)Nc6nc(=O)cc(C)[nH]6)ccc5S(=O)(=O)O)c(O)c4c3N)c2)[nH]1. The summed E-state index contributed by atoms with van der Waals surface area (Å²) in [6, 6.07) is 12.8. The summed E-state index contributed by atoms with van der Waals surface area (Å²) in [5.74, 6) is -1.02. The molecule has 308 valence electrons. The van der Waals surface area contributed by atoms with Gasteiger partial charge in [0.1, 0.15) is 26.9 Å². The van der Waals surface area contributed by atoms with Crippen LogP contribution in [0.3, 0.4) is 0 Å². The number of azo groups is 2. The van der Waals surface area contributed by atoms with Gasteiger partial charge in [-0.3, -0.25) is 29.3 Å². The maximum atomic E-state index is 12.6. The average molecular weight is 860 g/mol. The summed E-state index contributed by atoms with van der Waals surface area (Å²) in [5.41, 5.74) is 4.13. The van der Waals surface area contributed by atoms with Crippen molar-refractivity contribution in [3.05, 3.63) is 105 Å². The number of hydrogen-bond donors (Lipinski definition) is 10. The van der Waals surface area contributed by atoms with Crippen molar-refractivity contribution >= 4 is 94.8 Å². The topological polar surface area (TPSA) is 378 Å². The lowest BCUT2D eigenvalue weighted by Crippen LogP contribution is -2.23. The van der Waals surface area contributed by atoms with Crippen LogP contribution in [-0.2, 0) is 20.2 Å². The molecular weight excluding hydrogens is 831 g/mol. The number of fused-ring (bicyclic) bond motifs is 1. The monoisotopic (exact) mass is 859 g/mol. The number of aromatic hydroxyl groups is 1. The molecule has 0 unspecified atom stereocenters. The van der Waals surface area contributed by atoms with Gasteiger partial charge in [-0.2, -0.15) is 31.9 Å². The van der Waals surface area contributed by atoms with Crippen molar-refractivity contribution in [3.8, 4) is 5.75 Å². The van der Waals surface area contributed by atoms with Crippen LogP contribution < -0.4 is 38.1 Å². The minimum Gasteiger partial charge on any atom is -0.505 e. The first-order valence-corrected chi connectivity index (χ1v) is 19.5. The predicted molar refractivity (Wildman–Crippen MR) is 215 cm³/mol. The molecule has 0 aliphatic rings. The zero-order valence-corrected chi connectivity index (χ0v) is 32.2. The summed E-state index contributed by atoms with van der Waals surface area (Å²) >= 11 is 0. The molecule has 26 heteroatoms. The number of rotatable bonds is 10. The fraction of sp³-hybridized carbons (Fsp3) is 0.0588. The van der Waals surface area contributed by atoms with Crippen LogP contribution in [0.5, 0.6) is 5.75 Å². The van der Waals surface area contributed by atoms with Crippen LogP contribution in [0.1, 0.15) is 11.4 Å². The lowest BCUT2D eigenvalue weighted by molar-refractivity contribution is 0.261. The molecule has 4 aromatic carbocycles. The van der Waals surface area contributed by atoms with Crippen LogP contribution in [0.15, 0.2) is 113 Å². The lowest BCUT2D eigenvalue weighted by atomic mass is 10.1. The maximum absolute atomic E-state index is 12.6. The van der Waals surface area contributed by atoms with Gasteiger partial charge < -0.3 is 31.4 Å². The number of amides is 4. The molecule has 4 amide bonds. The van der Waals surface area contributed by atoms with Gasteiger partial charge in [-0.05, 0) is 67.8 Å². The van der Waals surface area contributed by atoms with Crippen LogP contribution in [-0.4, -0.2) is 63.0 Å². The van der Waals surface area contributed by atoms with Crippen molar-refractivity contribution < 1.29 is 40.6 Å². The first-order chi connectivity index (χ1) is 28.2. The summed E-state index contributed by atoms with van der Waals surface area (Å²) in [6.07, 6.45) is 0. The molecule has 0 saturated heterocycles. The number of benzene rings is 4. The zero-order chi connectivity index (χ0) is 43.5. The molecule has 0 saturated carbocycles. The van der Waals surface area contributed by atoms with Gasteiger partial charge in [-0.15, -0.1) is 15.3 Å². The Morgan fingerprint density at radius 2 is 1.23 bits per heavy atom. The summed E-state index contributed by atoms with van der Waals surface area (Å²) in [6.45, 7) is 3.15. The number of aryl methyl sites for hydroxylation is 2. The van der Waals surface area contributed by atoms with E-state index in [2.05, 4.69) is 61.7 Å². The number of carbonyl (C=O) groups excluding carboxylic acids is 2. The number of anilines is 5. The highest BCUT2D eigenvalue weighted by atomic mass is 32.2. The van der Waals surface area contributed by atoms with Gasteiger partial charge in [-0.1, -0.05) is 12.1 Å². The van der Waals surface area contributed by atoms with Crippen LogP contribution in [0, 0.1) is 13.8 Å². The van der Waals surface area contributed by atoms with Crippen molar-refractivity contribution in [2.75, 3.05) is 27.0 Å². The quantitative estimate of drug-likeness (QED) is 0.0460. The first-order valence-electron chi connectivity index (χ1n) is 16.7. The first kappa shape index (κ1) is 41.7. The van der Waals surface area contributed by atoms with Gasteiger partial charge in [0.15, 0.2) is 5.75 Å². The molecule has 60 heavy (non-hydrogen) atoms. The Morgan fingerprint density at radius 1 is 0.667 bits per heavy atom. The normalized spacial score (nSPS) is 11.9. The molecule has 11 N–H and O–H groups in total. The number of aromatic amines is 2. The number of aromatic nitrogens is 4. The van der Waals surface area contributed by atoms with Crippen LogP contribution in [0.4, 0.5) is 61.3 Å². The second-order valence-electron chi connectivity index (χ2n) is 12.4. The second-order valence-corrected chi connectivity index (χ2v) is 15.2. The number of carbonyl (C=O) groups is 2. The van der Waals surface area contributed by atoms with E-state index in [0.29, 0.717) is 11.4 Å². The van der Waals surface area contributed by atoms with Gasteiger partial charge in [0.25, 0.3) is 31.4 Å². The standard InChI is InChI=1S/C34H29N13O11S2/c1-15-10-25(48)40-31(36-15)42-33(51)38-18-4-3-5-20(13-18)44-47-29-24(60(56,57)58)12-17-6-8-21(30(50)27(17)28(29)35)45-46-22-14-19(7-9-23(22)59(53,54)55)39-34(52)43-32-37-16(2)11-26(49)41-32/h3-14,50H,35H2,1-2H3,(H,53,54,55)(H,56,57,58)(H3,36,38,40,42,48,51)(H3,37,39,41,43,49,52). The van der Waals surface area contributed by atoms with Crippen LogP contribution in [0.2, 0.25) is 0 Å². The molecule has 6 rings (SSSR count). The number of H-pyrrole nitrogens is 2. The Bertz CT molecular complexity index is 3150. The van der Waals surface area contributed by atoms with E-state index in [0.717, 1.165) is 30.3 Å². The fourth-order valence-corrected chi connectivity index (χ4v) is 6.68. The van der Waals surface area contributed by atoms with E-state index in [1.165, 1.54) is 42.5 Å². The van der Waals surface area contributed by atoms with E-state index in [1.54, 1.807) is 13.8 Å². The summed E-state index contributed by atoms with van der Waals surface area (Å²) in [7, 11) is -9.95. The number of nitrogens with zero attached hydrogens (tertiary/aromatic N) is 6. The molecule has 2 aromatic heterocycles. The van der Waals surface area contributed by atoms with Crippen LogP contribution >= 0.6 is 0 Å². The predicted octanol–water partition coefficient (Wildman–Crippen LogP) is 5.52. The molecule has 0 bridgehead atoms. The maximum Gasteiger partial charge on any atom is 0.326 e. The second kappa shape index (κ2) is 16.5. The van der Waals surface area contributed by atoms with Gasteiger partial charge in [0.05, 0.1) is 16.8 Å². The largest absolute Gasteiger partial charge is 0.505 e. The summed E-state index contributed by atoms with van der Waals surface area (Å²) in [4.78, 5) is 59.6. The smallest absolute Gasteiger partial charge is 0.326 e. The Hall–Kier alpha value is -7.94. The van der Waals surface area contributed by atoms with E-state index in [9.17, 15) is 50.2 Å². The Morgan fingerprint density at radius 3 is 1.80 bits per heavy atom. The number of nitrogen functional groups attached to an aromatic ring is 1. The molecule has 0 aliphatic heterocycles. The summed E-state index contributed by atoms with van der Waals surface area (Å²) in [5, 5.41) is 36.3. The molecular formula is C34H29N13O11S2. The highest BCUT2D eigenvalue weighted by molar-refractivity contribution is 7.86. The lowest BCUT2D eigenvalue weighted by Gasteiger charge is -2.12. The third-order valence-electron chi connectivity index (χ3n) is 7.86. The van der Waals surface area contributed by atoms with Crippen molar-refractivity contribution in [2.24, 2.45) is 20.5 Å². The van der Waals surface area contributed by atoms with Crippen LogP contribution in [0.25, 0.3) is 10.8 Å². The minimum atomic E-state index is -5.02. The number of phenols is 1. The van der Waals surface area contributed by atoms with Gasteiger partial charge in [0.2, 0.25) is 11.9 Å². The van der Waals surface area contributed by atoms with E-state index in [1.807, 2.05) is 0 Å². The number of phenolic OH excluding ortho intramolecular Hbond substituents is 1. The molecule has 0 fully saturated rings. The molecule has 2 heterocycles. The van der Waals surface area contributed by atoms with Gasteiger partial charge in [0, 0.05) is 34.9 Å².